The van der Waals surface area contributed by atoms with Gasteiger partial charge in [-0.15, -0.1) is 5.10 Å². The number of carbonyl (C=O) groups excluding carboxylic acids is 1. The molecule has 5 nitrogen and oxygen atoms in total. The molecule has 3 aromatic rings. The molecule has 1 aliphatic rings. The van der Waals surface area contributed by atoms with Gasteiger partial charge in [-0.2, -0.15) is 0 Å². The second kappa shape index (κ2) is 8.51. The van der Waals surface area contributed by atoms with E-state index in [4.69, 9.17) is 0 Å². The normalized spacial score (nSPS) is 17.2. The van der Waals surface area contributed by atoms with Gasteiger partial charge < -0.3 is 4.90 Å². The molecule has 4 rings (SSSR count). The Morgan fingerprint density at radius 3 is 2.52 bits per heavy atom. The van der Waals surface area contributed by atoms with Crippen LogP contribution in [0.3, 0.4) is 0 Å². The van der Waals surface area contributed by atoms with E-state index >= 15 is 0 Å². The van der Waals surface area contributed by atoms with Crippen LogP contribution in [0.1, 0.15) is 46.8 Å². The van der Waals surface area contributed by atoms with E-state index < -0.39 is 11.6 Å². The molecule has 1 amide bonds. The number of hydrogen-bond acceptors (Lipinski definition) is 3. The van der Waals surface area contributed by atoms with Gasteiger partial charge in [0.05, 0.1) is 12.7 Å². The van der Waals surface area contributed by atoms with Gasteiger partial charge in [0.25, 0.3) is 5.91 Å². The number of nitrogens with zero attached hydrogens (tertiary/aromatic N) is 4. The van der Waals surface area contributed by atoms with Crippen molar-refractivity contribution in [1.82, 2.24) is 19.9 Å². The lowest BCUT2D eigenvalue weighted by molar-refractivity contribution is 0.0755. The molecule has 1 saturated heterocycles. The topological polar surface area (TPSA) is 51.0 Å². The molecule has 0 radical (unpaired) electrons. The molecule has 150 valence electrons. The molecule has 2 heterocycles. The molecule has 1 aromatic heterocycles. The minimum absolute atomic E-state index is 0.100. The third-order valence-electron chi connectivity index (χ3n) is 5.43. The van der Waals surface area contributed by atoms with E-state index in [1.165, 1.54) is 34.6 Å². The zero-order valence-corrected chi connectivity index (χ0v) is 16.0. The third kappa shape index (κ3) is 4.34. The van der Waals surface area contributed by atoms with Crippen LogP contribution in [0, 0.1) is 11.6 Å². The van der Waals surface area contributed by atoms with Crippen molar-refractivity contribution >= 4 is 5.91 Å². The molecule has 1 aliphatic heterocycles. The summed E-state index contributed by atoms with van der Waals surface area (Å²) in [5, 5.41) is 7.81. The number of aromatic nitrogens is 3. The highest BCUT2D eigenvalue weighted by Gasteiger charge is 2.24. The summed E-state index contributed by atoms with van der Waals surface area (Å²) in [5.41, 5.74) is 1.40. The molecule has 0 N–H and O–H groups in total. The van der Waals surface area contributed by atoms with Gasteiger partial charge in [-0.1, -0.05) is 41.6 Å². The van der Waals surface area contributed by atoms with Crippen molar-refractivity contribution in [3.05, 3.63) is 83.2 Å². The Morgan fingerprint density at radius 1 is 1.00 bits per heavy atom. The smallest absolute Gasteiger partial charge is 0.276 e. The highest BCUT2D eigenvalue weighted by molar-refractivity contribution is 5.91. The van der Waals surface area contributed by atoms with Crippen LogP contribution in [-0.4, -0.2) is 38.9 Å². The van der Waals surface area contributed by atoms with Crippen molar-refractivity contribution in [3.8, 4) is 0 Å². The molecule has 0 unspecified atom stereocenters. The lowest BCUT2D eigenvalue weighted by Gasteiger charge is -2.19. The average Bonchev–Trinajstić information content (AvgIpc) is 3.06. The molecule has 2 aromatic carbocycles. The van der Waals surface area contributed by atoms with E-state index in [-0.39, 0.29) is 23.7 Å². The highest BCUT2D eigenvalue weighted by Crippen LogP contribution is 2.28. The van der Waals surface area contributed by atoms with Crippen LogP contribution in [0.5, 0.6) is 0 Å². The molecule has 7 heteroatoms. The number of benzene rings is 2. The van der Waals surface area contributed by atoms with Crippen LogP contribution in [0.15, 0.2) is 54.7 Å². The fourth-order valence-corrected chi connectivity index (χ4v) is 3.84. The second-order valence-corrected chi connectivity index (χ2v) is 7.33. The van der Waals surface area contributed by atoms with Crippen molar-refractivity contribution in [1.29, 1.82) is 0 Å². The quantitative estimate of drug-likeness (QED) is 0.669. The second-order valence-electron chi connectivity index (χ2n) is 7.33. The first-order valence-corrected chi connectivity index (χ1v) is 9.79. The minimum atomic E-state index is -0.646. The molecular formula is C22H22F2N4O. The average molecular weight is 396 g/mol. The van der Waals surface area contributed by atoms with Gasteiger partial charge in [0.1, 0.15) is 11.6 Å². The summed E-state index contributed by atoms with van der Waals surface area (Å²) in [4.78, 5) is 14.6. The predicted molar refractivity (Wildman–Crippen MR) is 104 cm³/mol. The van der Waals surface area contributed by atoms with Gasteiger partial charge in [-0.25, -0.2) is 13.5 Å². The largest absolute Gasteiger partial charge is 0.337 e. The van der Waals surface area contributed by atoms with E-state index in [0.29, 0.717) is 19.0 Å². The summed E-state index contributed by atoms with van der Waals surface area (Å²) in [6.07, 6.45) is 4.30. The first-order valence-electron chi connectivity index (χ1n) is 9.79. The highest BCUT2D eigenvalue weighted by atomic mass is 19.1. The maximum absolute atomic E-state index is 13.8. The van der Waals surface area contributed by atoms with E-state index in [1.807, 2.05) is 18.2 Å². The number of rotatable bonds is 4. The van der Waals surface area contributed by atoms with Crippen molar-refractivity contribution < 1.29 is 13.6 Å². The number of hydrogen-bond donors (Lipinski definition) is 0. The summed E-state index contributed by atoms with van der Waals surface area (Å²) >= 11 is 0. The van der Waals surface area contributed by atoms with Crippen molar-refractivity contribution in [2.45, 2.75) is 31.7 Å². The number of halogens is 2. The number of likely N-dealkylation sites (tertiary alicyclic amines) is 1. The van der Waals surface area contributed by atoms with Crippen LogP contribution in [0.2, 0.25) is 0 Å². The minimum Gasteiger partial charge on any atom is -0.337 e. The maximum Gasteiger partial charge on any atom is 0.276 e. The van der Waals surface area contributed by atoms with Crippen molar-refractivity contribution in [2.24, 2.45) is 0 Å². The van der Waals surface area contributed by atoms with Crippen LogP contribution in [-0.2, 0) is 6.54 Å². The van der Waals surface area contributed by atoms with Gasteiger partial charge in [0.2, 0.25) is 0 Å². The zero-order valence-electron chi connectivity index (χ0n) is 16.0. The monoisotopic (exact) mass is 396 g/mol. The summed E-state index contributed by atoms with van der Waals surface area (Å²) in [7, 11) is 0. The molecule has 0 bridgehead atoms. The fraction of sp³-hybridized carbons (Fsp3) is 0.318. The van der Waals surface area contributed by atoms with Crippen LogP contribution >= 0.6 is 0 Å². The Morgan fingerprint density at radius 2 is 1.76 bits per heavy atom. The molecule has 0 saturated carbocycles. The van der Waals surface area contributed by atoms with Crippen molar-refractivity contribution in [2.75, 3.05) is 13.1 Å². The SMILES string of the molecule is O=C(c1cn(Cc2c(F)cccc2F)nn1)N1CCC[C@@H](c2ccccc2)CC1. The van der Waals surface area contributed by atoms with Gasteiger partial charge in [0.15, 0.2) is 5.69 Å². The van der Waals surface area contributed by atoms with Gasteiger partial charge in [0, 0.05) is 18.7 Å². The van der Waals surface area contributed by atoms with Gasteiger partial charge >= 0.3 is 0 Å². The van der Waals surface area contributed by atoms with Crippen LogP contribution in [0.25, 0.3) is 0 Å². The van der Waals surface area contributed by atoms with Gasteiger partial charge in [-0.05, 0) is 42.9 Å². The Hall–Kier alpha value is -3.09. The summed E-state index contributed by atoms with van der Waals surface area (Å²) in [5.74, 6) is -1.05. The lowest BCUT2D eigenvalue weighted by atomic mass is 9.92. The van der Waals surface area contributed by atoms with E-state index in [2.05, 4.69) is 22.4 Å². The maximum atomic E-state index is 13.8. The zero-order chi connectivity index (χ0) is 20.2. The summed E-state index contributed by atoms with van der Waals surface area (Å²) < 4.78 is 29.0. The Balaban J connectivity index is 1.42. The molecule has 1 fully saturated rings. The Kier molecular flexibility index (Phi) is 5.64. The molecule has 29 heavy (non-hydrogen) atoms. The van der Waals surface area contributed by atoms with Crippen LogP contribution in [0.4, 0.5) is 8.78 Å². The predicted octanol–water partition coefficient (Wildman–Crippen LogP) is 4.01. The van der Waals surface area contributed by atoms with E-state index in [9.17, 15) is 13.6 Å². The first-order chi connectivity index (χ1) is 14.1. The molecule has 0 aliphatic carbocycles. The third-order valence-corrected chi connectivity index (χ3v) is 5.43. The van der Waals surface area contributed by atoms with Crippen LogP contribution < -0.4 is 0 Å². The van der Waals surface area contributed by atoms with Crippen molar-refractivity contribution in [3.63, 3.8) is 0 Å². The molecule has 0 spiro atoms. The lowest BCUT2D eigenvalue weighted by Crippen LogP contribution is -2.32. The Labute approximate surface area is 168 Å². The number of carbonyl (C=O) groups is 1. The van der Waals surface area contributed by atoms with E-state index in [1.54, 1.807) is 4.90 Å². The standard InChI is InChI=1S/C22H22F2N4O/c23-19-9-4-10-20(24)18(19)14-28-15-21(25-26-28)22(29)27-12-5-8-17(11-13-27)16-6-2-1-3-7-16/h1-4,6-7,9-10,15,17H,5,8,11-14H2/t17-/m1/s1. The molecular weight excluding hydrogens is 374 g/mol. The number of amides is 1. The van der Waals surface area contributed by atoms with E-state index in [0.717, 1.165) is 19.3 Å². The Bertz CT molecular complexity index is 969. The first kappa shape index (κ1) is 19.2. The molecule has 1 atom stereocenters. The summed E-state index contributed by atoms with van der Waals surface area (Å²) in [6, 6.07) is 14.1. The fourth-order valence-electron chi connectivity index (χ4n) is 3.84. The summed E-state index contributed by atoms with van der Waals surface area (Å²) in [6.45, 7) is 1.19. The van der Waals surface area contributed by atoms with Gasteiger partial charge in [-0.3, -0.25) is 4.79 Å².